The molecule has 7 atom stereocenters. The van der Waals surface area contributed by atoms with Crippen molar-refractivity contribution in [2.24, 2.45) is 5.92 Å². The standard InChI is InChI=1S/C38H42N2O8/c41-17-15-39-35(42)29-6-3-16-40(29)36(43)28-19-32(34-33(20-28)47-38(48-34)21-26-4-1-2-5-27(26)22-38)46-37(44)25-12-9-23(10-13-25)7-8-24-11-14-30-31(18-24)45-30/h1-2,4-5,7-10,12-13,20,24,29-34,41H,3,6,11,14-19,21-22H2,(H,39,42). The number of hydrogen-bond acceptors (Lipinski definition) is 8. The molecule has 2 amide bonds. The second-order valence-corrected chi connectivity index (χ2v) is 14.0. The Morgan fingerprint density at radius 2 is 1.79 bits per heavy atom. The van der Waals surface area contributed by atoms with Crippen molar-refractivity contribution in [3.63, 3.8) is 0 Å². The van der Waals surface area contributed by atoms with E-state index in [-0.39, 0.29) is 31.4 Å². The Morgan fingerprint density at radius 1 is 1.00 bits per heavy atom. The number of carbonyl (C=O) groups is 3. The molecule has 3 heterocycles. The summed E-state index contributed by atoms with van der Waals surface area (Å²) < 4.78 is 25.1. The Kier molecular flexibility index (Phi) is 8.44. The van der Waals surface area contributed by atoms with Gasteiger partial charge in [0.05, 0.1) is 24.4 Å². The lowest BCUT2D eigenvalue weighted by Gasteiger charge is -2.32. The van der Waals surface area contributed by atoms with Crippen molar-refractivity contribution in [3.8, 4) is 0 Å². The van der Waals surface area contributed by atoms with Crippen LogP contribution < -0.4 is 5.32 Å². The zero-order chi connectivity index (χ0) is 32.8. The average molecular weight is 655 g/mol. The topological polar surface area (TPSA) is 127 Å². The van der Waals surface area contributed by atoms with E-state index in [0.29, 0.717) is 61.5 Å². The number of ether oxygens (including phenoxy) is 4. The molecule has 48 heavy (non-hydrogen) atoms. The first-order chi connectivity index (χ1) is 23.4. The number of allylic oxidation sites excluding steroid dienone is 1. The largest absolute Gasteiger partial charge is 0.456 e. The molecule has 0 bridgehead atoms. The first-order valence-electron chi connectivity index (χ1n) is 17.4. The highest BCUT2D eigenvalue weighted by Crippen LogP contribution is 2.45. The van der Waals surface area contributed by atoms with E-state index >= 15 is 0 Å². The molecule has 6 aliphatic rings. The van der Waals surface area contributed by atoms with Crippen molar-refractivity contribution in [1.29, 1.82) is 0 Å². The highest BCUT2D eigenvalue weighted by molar-refractivity contribution is 5.98. The monoisotopic (exact) mass is 654 g/mol. The summed E-state index contributed by atoms with van der Waals surface area (Å²) in [5.41, 5.74) is 4.18. The van der Waals surface area contributed by atoms with Crippen molar-refractivity contribution in [2.45, 2.75) is 93.7 Å². The van der Waals surface area contributed by atoms with Crippen molar-refractivity contribution in [3.05, 3.63) is 88.5 Å². The van der Waals surface area contributed by atoms with Crippen LogP contribution in [0.4, 0.5) is 0 Å². The van der Waals surface area contributed by atoms with Crippen molar-refractivity contribution >= 4 is 23.9 Å². The molecule has 3 aliphatic carbocycles. The number of nitrogens with one attached hydrogen (secondary N) is 1. The number of fused-ring (bicyclic) bond motifs is 3. The fraction of sp³-hybridized carbons (Fsp3) is 0.500. The third-order valence-corrected chi connectivity index (χ3v) is 10.7. The van der Waals surface area contributed by atoms with E-state index in [1.54, 1.807) is 23.1 Å². The summed E-state index contributed by atoms with van der Waals surface area (Å²) in [7, 11) is 0. The van der Waals surface area contributed by atoms with Gasteiger partial charge in [-0.05, 0) is 72.9 Å². The van der Waals surface area contributed by atoms with Crippen LogP contribution in [0.5, 0.6) is 0 Å². The van der Waals surface area contributed by atoms with Crippen LogP contribution in [0.1, 0.15) is 65.6 Å². The van der Waals surface area contributed by atoms with Crippen LogP contribution >= 0.6 is 0 Å². The minimum atomic E-state index is -0.905. The smallest absolute Gasteiger partial charge is 0.338 e. The van der Waals surface area contributed by atoms with E-state index in [9.17, 15) is 14.4 Å². The van der Waals surface area contributed by atoms with E-state index in [0.717, 1.165) is 36.0 Å². The van der Waals surface area contributed by atoms with E-state index in [2.05, 4.69) is 29.6 Å². The summed E-state index contributed by atoms with van der Waals surface area (Å²) in [6, 6.07) is 14.9. The zero-order valence-electron chi connectivity index (χ0n) is 26.9. The third-order valence-electron chi connectivity index (χ3n) is 10.7. The number of hydrogen-bond donors (Lipinski definition) is 2. The van der Waals surface area contributed by atoms with Crippen LogP contribution in [0.15, 0.2) is 66.3 Å². The Morgan fingerprint density at radius 3 is 2.54 bits per heavy atom. The average Bonchev–Trinajstić information content (AvgIpc) is 3.38. The summed E-state index contributed by atoms with van der Waals surface area (Å²) in [6.07, 6.45) is 11.0. The Labute approximate surface area is 280 Å². The van der Waals surface area contributed by atoms with Gasteiger partial charge in [-0.2, -0.15) is 0 Å². The van der Waals surface area contributed by atoms with Gasteiger partial charge in [-0.15, -0.1) is 0 Å². The molecule has 7 unspecified atom stereocenters. The lowest BCUT2D eigenvalue weighted by atomic mass is 9.89. The first kappa shape index (κ1) is 31.4. The van der Waals surface area contributed by atoms with Gasteiger partial charge >= 0.3 is 5.97 Å². The Bertz CT molecular complexity index is 1610. The van der Waals surface area contributed by atoms with Crippen LogP contribution in [-0.2, 0) is 41.4 Å². The highest BCUT2D eigenvalue weighted by atomic mass is 16.8. The molecule has 0 aromatic heterocycles. The minimum absolute atomic E-state index is 0.130. The van der Waals surface area contributed by atoms with Crippen LogP contribution in [0.3, 0.4) is 0 Å². The number of aliphatic hydroxyl groups excluding tert-OH is 1. The maximum absolute atomic E-state index is 14.0. The molecule has 1 saturated carbocycles. The number of rotatable bonds is 8. The van der Waals surface area contributed by atoms with Gasteiger partial charge in [0.25, 0.3) is 0 Å². The maximum Gasteiger partial charge on any atom is 0.338 e. The van der Waals surface area contributed by atoms with E-state index in [4.69, 9.17) is 24.1 Å². The van der Waals surface area contributed by atoms with E-state index < -0.39 is 36.1 Å². The Balaban J connectivity index is 0.994. The lowest BCUT2D eigenvalue weighted by molar-refractivity contribution is -0.172. The quantitative estimate of drug-likeness (QED) is 0.327. The van der Waals surface area contributed by atoms with Gasteiger partial charge in [-0.1, -0.05) is 48.6 Å². The molecule has 252 valence electrons. The number of aliphatic hydroxyl groups is 1. The van der Waals surface area contributed by atoms with Crippen LogP contribution in [0.25, 0.3) is 6.08 Å². The van der Waals surface area contributed by atoms with Gasteiger partial charge in [-0.25, -0.2) is 4.79 Å². The van der Waals surface area contributed by atoms with Crippen LogP contribution in [0, 0.1) is 5.92 Å². The van der Waals surface area contributed by atoms with Gasteiger partial charge in [0.1, 0.15) is 24.4 Å². The minimum Gasteiger partial charge on any atom is -0.456 e. The molecule has 8 rings (SSSR count). The number of carbonyl (C=O) groups excluding carboxylic acids is 3. The van der Waals surface area contributed by atoms with Crippen molar-refractivity contribution in [2.75, 3.05) is 19.7 Å². The van der Waals surface area contributed by atoms with Gasteiger partial charge in [0.15, 0.2) is 5.79 Å². The maximum atomic E-state index is 14.0. The molecule has 3 saturated heterocycles. The van der Waals surface area contributed by atoms with E-state index in [1.807, 2.05) is 24.3 Å². The van der Waals surface area contributed by atoms with Crippen molar-refractivity contribution in [1.82, 2.24) is 10.2 Å². The molecule has 2 N–H and O–H groups in total. The van der Waals surface area contributed by atoms with Gasteiger partial charge < -0.3 is 34.3 Å². The molecule has 2 aromatic carbocycles. The third kappa shape index (κ3) is 6.22. The summed E-state index contributed by atoms with van der Waals surface area (Å²) >= 11 is 0. The molecular formula is C38H42N2O8. The molecule has 0 radical (unpaired) electrons. The second-order valence-electron chi connectivity index (χ2n) is 14.0. The lowest BCUT2D eigenvalue weighted by Crippen LogP contribution is -2.49. The first-order valence-corrected chi connectivity index (χ1v) is 17.4. The van der Waals surface area contributed by atoms with Gasteiger partial charge in [0, 0.05) is 37.9 Å². The molecule has 10 heteroatoms. The number of epoxide rings is 1. The summed E-state index contributed by atoms with van der Waals surface area (Å²) in [5.74, 6) is -1.43. The van der Waals surface area contributed by atoms with Gasteiger partial charge in [-0.3, -0.25) is 9.59 Å². The SMILES string of the molecule is O=C(OC1CC(C(=O)N2CCCC2C(=O)NCCO)=CC2OC3(Cc4ccccc4C3)OC21)c1ccc(C=CC2CCC3OC3C2)cc1. The number of amides is 2. The summed E-state index contributed by atoms with van der Waals surface area (Å²) in [4.78, 5) is 42.0. The van der Waals surface area contributed by atoms with Crippen LogP contribution in [-0.4, -0.2) is 89.8 Å². The zero-order valence-corrected chi connectivity index (χ0v) is 26.9. The fourth-order valence-corrected chi connectivity index (χ4v) is 8.21. The molecule has 2 aromatic rings. The predicted octanol–water partition coefficient (Wildman–Crippen LogP) is 3.50. The van der Waals surface area contributed by atoms with E-state index in [1.165, 1.54) is 0 Å². The molecule has 10 nitrogen and oxygen atoms in total. The van der Waals surface area contributed by atoms with Gasteiger partial charge in [0.2, 0.25) is 11.8 Å². The predicted molar refractivity (Wildman–Crippen MR) is 175 cm³/mol. The Hall–Kier alpha value is -3.83. The molecular weight excluding hydrogens is 612 g/mol. The van der Waals surface area contributed by atoms with Crippen molar-refractivity contribution < 1.29 is 38.4 Å². The van der Waals surface area contributed by atoms with Crippen LogP contribution in [0.2, 0.25) is 0 Å². The number of esters is 1. The normalized spacial score (nSPS) is 31.2. The summed E-state index contributed by atoms with van der Waals surface area (Å²) in [5, 5.41) is 11.9. The summed E-state index contributed by atoms with van der Waals surface area (Å²) in [6.45, 7) is 0.400. The highest BCUT2D eigenvalue weighted by Gasteiger charge is 2.55. The number of benzene rings is 2. The fourth-order valence-electron chi connectivity index (χ4n) is 8.21. The molecule has 1 spiro atoms. The number of likely N-dealkylation sites (tertiary alicyclic amines) is 1. The molecule has 4 fully saturated rings. The number of nitrogens with zero attached hydrogens (tertiary/aromatic N) is 1. The second kappa shape index (κ2) is 12.9. The molecule has 3 aliphatic heterocycles.